The highest BCUT2D eigenvalue weighted by molar-refractivity contribution is 5.94. The number of esters is 1. The van der Waals surface area contributed by atoms with Crippen LogP contribution in [0.2, 0.25) is 0 Å². The molecule has 0 saturated carbocycles. The van der Waals surface area contributed by atoms with Crippen LogP contribution in [0.5, 0.6) is 5.75 Å². The second-order valence-electron chi connectivity index (χ2n) is 10.3. The Bertz CT molecular complexity index is 1030. The lowest BCUT2D eigenvalue weighted by Crippen LogP contribution is -2.56. The van der Waals surface area contributed by atoms with E-state index in [1.54, 1.807) is 18.2 Å². The van der Waals surface area contributed by atoms with E-state index < -0.39 is 23.6 Å². The molecule has 182 valence electrons. The molecule has 3 N–H and O–H groups in total. The number of hydrogen-bond donors (Lipinski definition) is 3. The topological polar surface area (TPSA) is 95.9 Å². The Morgan fingerprint density at radius 2 is 1.82 bits per heavy atom. The molecular formula is C28H35NO5. The molecule has 2 heterocycles. The summed E-state index contributed by atoms with van der Waals surface area (Å²) < 4.78 is 6.11. The van der Waals surface area contributed by atoms with Gasteiger partial charge in [0.2, 0.25) is 5.60 Å². The number of hydrogen-bond acceptors (Lipinski definition) is 5. The maximum Gasteiger partial charge on any atom is 0.331 e. The second-order valence-corrected chi connectivity index (χ2v) is 10.3. The number of allylic oxidation sites excluding steroid dienone is 2. The van der Waals surface area contributed by atoms with E-state index in [-0.39, 0.29) is 41.4 Å². The molecule has 34 heavy (non-hydrogen) atoms. The quantitative estimate of drug-likeness (QED) is 0.457. The van der Waals surface area contributed by atoms with E-state index in [1.165, 1.54) is 6.08 Å². The number of nitrogens with one attached hydrogen (secondary N) is 1. The van der Waals surface area contributed by atoms with E-state index in [0.717, 1.165) is 11.1 Å². The molecule has 0 bridgehead atoms. The van der Waals surface area contributed by atoms with Gasteiger partial charge in [0.1, 0.15) is 5.75 Å². The maximum atomic E-state index is 13.7. The summed E-state index contributed by atoms with van der Waals surface area (Å²) in [5.41, 5.74) is 0.799. The van der Waals surface area contributed by atoms with Gasteiger partial charge in [-0.15, -0.1) is 0 Å². The Kier molecular flexibility index (Phi) is 6.72. The number of aliphatic hydroxyl groups is 1. The highest BCUT2D eigenvalue weighted by Crippen LogP contribution is 2.50. The minimum atomic E-state index is -1.34. The summed E-state index contributed by atoms with van der Waals surface area (Å²) in [6.07, 6.45) is 9.69. The number of aromatic hydroxyl groups is 1. The number of benzene rings is 1. The first-order valence-electron chi connectivity index (χ1n) is 12.2. The molecule has 4 rings (SSSR count). The number of rotatable bonds is 2. The second kappa shape index (κ2) is 9.41. The molecule has 1 aromatic rings. The third kappa shape index (κ3) is 4.31. The minimum absolute atomic E-state index is 0.00494. The molecular weight excluding hydrogens is 430 g/mol. The lowest BCUT2D eigenvalue weighted by atomic mass is 9.63. The van der Waals surface area contributed by atoms with Crippen LogP contribution in [0.25, 0.3) is 0 Å². The van der Waals surface area contributed by atoms with E-state index in [4.69, 9.17) is 4.74 Å². The number of amides is 1. The van der Waals surface area contributed by atoms with Crippen LogP contribution in [0.1, 0.15) is 39.7 Å². The van der Waals surface area contributed by atoms with E-state index in [1.807, 2.05) is 44.2 Å². The van der Waals surface area contributed by atoms with E-state index in [2.05, 4.69) is 19.2 Å². The summed E-state index contributed by atoms with van der Waals surface area (Å²) in [4.78, 5) is 26.7. The first kappa shape index (κ1) is 24.3. The number of carbonyl (C=O) groups excluding carboxylic acids is 2. The largest absolute Gasteiger partial charge is 0.508 e. The van der Waals surface area contributed by atoms with Crippen LogP contribution in [0.4, 0.5) is 0 Å². The van der Waals surface area contributed by atoms with Crippen LogP contribution in [-0.4, -0.2) is 39.8 Å². The van der Waals surface area contributed by atoms with Crippen LogP contribution in [0.3, 0.4) is 0 Å². The van der Waals surface area contributed by atoms with Gasteiger partial charge in [0.15, 0.2) is 0 Å². The Labute approximate surface area is 201 Å². The van der Waals surface area contributed by atoms with Gasteiger partial charge >= 0.3 is 5.97 Å². The highest BCUT2D eigenvalue weighted by atomic mass is 16.6. The summed E-state index contributed by atoms with van der Waals surface area (Å²) >= 11 is 0. The number of aliphatic hydroxyl groups excluding tert-OH is 1. The van der Waals surface area contributed by atoms with Gasteiger partial charge < -0.3 is 20.3 Å². The first-order chi connectivity index (χ1) is 16.1. The molecule has 1 amide bonds. The average Bonchev–Trinajstić information content (AvgIpc) is 3.07. The zero-order valence-electron chi connectivity index (χ0n) is 20.3. The molecule has 6 nitrogen and oxygen atoms in total. The average molecular weight is 466 g/mol. The summed E-state index contributed by atoms with van der Waals surface area (Å²) in [5.74, 6) is -1.50. The maximum absolute atomic E-state index is 13.7. The Hall–Kier alpha value is -2.86. The number of carbonyl (C=O) groups is 2. The van der Waals surface area contributed by atoms with Crippen molar-refractivity contribution in [1.82, 2.24) is 5.32 Å². The van der Waals surface area contributed by atoms with Crippen molar-refractivity contribution in [2.24, 2.45) is 29.6 Å². The monoisotopic (exact) mass is 465 g/mol. The Morgan fingerprint density at radius 3 is 2.53 bits per heavy atom. The number of ether oxygens (including phenoxy) is 1. The molecule has 6 heteroatoms. The van der Waals surface area contributed by atoms with Crippen LogP contribution in [0, 0.1) is 29.6 Å². The molecule has 1 unspecified atom stereocenters. The van der Waals surface area contributed by atoms with Crippen molar-refractivity contribution in [3.8, 4) is 5.75 Å². The normalized spacial score (nSPS) is 38.0. The highest BCUT2D eigenvalue weighted by Gasteiger charge is 2.64. The zero-order valence-corrected chi connectivity index (χ0v) is 20.3. The predicted molar refractivity (Wildman–Crippen MR) is 130 cm³/mol. The molecule has 1 saturated heterocycles. The first-order valence-corrected chi connectivity index (χ1v) is 12.2. The van der Waals surface area contributed by atoms with Gasteiger partial charge in [-0.3, -0.25) is 4.79 Å². The fraction of sp³-hybridized carbons (Fsp3) is 0.500. The van der Waals surface area contributed by atoms with E-state index >= 15 is 0 Å². The summed E-state index contributed by atoms with van der Waals surface area (Å²) in [7, 11) is 0. The molecule has 1 fully saturated rings. The Morgan fingerprint density at radius 1 is 1.12 bits per heavy atom. The molecule has 2 aliphatic heterocycles. The van der Waals surface area contributed by atoms with E-state index in [0.29, 0.717) is 12.8 Å². The van der Waals surface area contributed by atoms with E-state index in [9.17, 15) is 19.8 Å². The van der Waals surface area contributed by atoms with Gasteiger partial charge in [0.05, 0.1) is 6.10 Å². The minimum Gasteiger partial charge on any atom is -0.508 e. The Balaban J connectivity index is 1.76. The lowest BCUT2D eigenvalue weighted by molar-refractivity contribution is -0.172. The van der Waals surface area contributed by atoms with Gasteiger partial charge in [0.25, 0.3) is 5.91 Å². The number of phenols is 1. The lowest BCUT2D eigenvalue weighted by Gasteiger charge is -2.44. The molecule has 3 aliphatic rings. The van der Waals surface area contributed by atoms with Crippen molar-refractivity contribution < 1.29 is 24.5 Å². The van der Waals surface area contributed by atoms with Gasteiger partial charge in [0, 0.05) is 29.9 Å². The molecule has 0 radical (unpaired) electrons. The van der Waals surface area contributed by atoms with Crippen molar-refractivity contribution in [2.45, 2.75) is 58.3 Å². The number of phenolic OH excluding ortho intramolecular Hbond substituents is 1. The smallest absolute Gasteiger partial charge is 0.331 e. The third-order valence-corrected chi connectivity index (χ3v) is 7.96. The van der Waals surface area contributed by atoms with Crippen LogP contribution >= 0.6 is 0 Å². The van der Waals surface area contributed by atoms with Crippen molar-refractivity contribution in [3.63, 3.8) is 0 Å². The van der Waals surface area contributed by atoms with Crippen molar-refractivity contribution in [1.29, 1.82) is 0 Å². The molecule has 1 aromatic carbocycles. The fourth-order valence-corrected chi connectivity index (χ4v) is 5.84. The SMILES string of the molecule is CC1=C[C@@H]2C=CC[C@H](C)C(O)[C@H](C)C=CC(=O)O[C@]23C(=O)N[C@@H](Cc2ccc(O)cc2)[C@@H]3[C@@H]1C. The third-order valence-electron chi connectivity index (χ3n) is 7.96. The molecule has 1 aliphatic carbocycles. The van der Waals surface area contributed by atoms with Crippen LogP contribution in [-0.2, 0) is 20.7 Å². The van der Waals surface area contributed by atoms with Crippen molar-refractivity contribution in [2.75, 3.05) is 0 Å². The fourth-order valence-electron chi connectivity index (χ4n) is 5.84. The van der Waals surface area contributed by atoms with Crippen molar-refractivity contribution in [3.05, 3.63) is 65.8 Å². The summed E-state index contributed by atoms with van der Waals surface area (Å²) in [6.45, 7) is 8.01. The summed E-state index contributed by atoms with van der Waals surface area (Å²) in [6, 6.07) is 6.75. The van der Waals surface area contributed by atoms with Crippen molar-refractivity contribution >= 4 is 11.9 Å². The zero-order chi connectivity index (χ0) is 24.6. The van der Waals surface area contributed by atoms with Gasteiger partial charge in [-0.2, -0.15) is 0 Å². The van der Waals surface area contributed by atoms with Crippen LogP contribution in [0.15, 0.2) is 60.2 Å². The van der Waals surface area contributed by atoms with Gasteiger partial charge in [-0.05, 0) is 49.3 Å². The summed E-state index contributed by atoms with van der Waals surface area (Å²) in [5, 5.41) is 23.4. The van der Waals surface area contributed by atoms with Gasteiger partial charge in [-0.1, -0.05) is 62.8 Å². The van der Waals surface area contributed by atoms with Gasteiger partial charge in [-0.25, -0.2) is 4.79 Å². The molecule has 8 atom stereocenters. The standard InChI is InChI=1S/C28H35NO5/c1-16-6-5-7-21-14-18(3)19(4)25-23(15-20-9-11-22(30)12-10-20)29-27(33)28(21,25)34-24(31)13-8-17(2)26(16)32/h5,7-14,16-17,19,21,23,25-26,30,32H,6,15H2,1-4H3,(H,29,33)/t16-,17+,19+,21-,23-,25-,26?,28+/m0/s1. The predicted octanol–water partition coefficient (Wildman–Crippen LogP) is 3.69. The molecule has 1 spiro atoms. The molecule has 0 aromatic heterocycles. The van der Waals surface area contributed by atoms with Crippen LogP contribution < -0.4 is 5.32 Å².